The summed E-state index contributed by atoms with van der Waals surface area (Å²) in [5.74, 6) is 2.52. The first-order valence-corrected chi connectivity index (χ1v) is 25.4. The zero-order valence-corrected chi connectivity index (χ0v) is 36.1. The van der Waals surface area contributed by atoms with E-state index in [2.05, 4.69) is 94.6 Å². The molecule has 5 nitrogen and oxygen atoms in total. The van der Waals surface area contributed by atoms with E-state index in [1.165, 1.54) is 12.8 Å². The Morgan fingerprint density at radius 2 is 1.56 bits per heavy atom. The molecule has 10 atom stereocenters. The van der Waals surface area contributed by atoms with Gasteiger partial charge in [-0.3, -0.25) is 4.79 Å². The van der Waals surface area contributed by atoms with Crippen LogP contribution in [0.15, 0.2) is 11.6 Å². The SMILES string of the molecule is CC(=O)O[C@@H]1C[C@]2(C)[C@@H]([C@H](C)CC[C@@H](O[Si](C)(C)C(C)(C)C)C(C)(C)O)CC[C@H]2[C@@H]2CC=C3C[C@@H](O[Si](C)(C)C(C)(C)C)CC[C@]3(C)[C@H]21. The Morgan fingerprint density at radius 3 is 2.10 bits per heavy atom. The molecule has 0 aliphatic heterocycles. The van der Waals surface area contributed by atoms with Gasteiger partial charge in [-0.05, 0) is 142 Å². The number of hydrogen-bond acceptors (Lipinski definition) is 5. The minimum atomic E-state index is -2.03. The van der Waals surface area contributed by atoms with Crippen molar-refractivity contribution in [1.82, 2.24) is 0 Å². The number of carbonyl (C=O) groups excluding carboxylic acids is 1. The van der Waals surface area contributed by atoms with E-state index in [0.29, 0.717) is 35.7 Å². The van der Waals surface area contributed by atoms with E-state index in [-0.39, 0.29) is 39.1 Å². The van der Waals surface area contributed by atoms with Crippen LogP contribution in [0, 0.1) is 40.4 Å². The summed E-state index contributed by atoms with van der Waals surface area (Å²) in [6, 6.07) is 0. The van der Waals surface area contributed by atoms with E-state index in [1.54, 1.807) is 12.5 Å². The molecule has 0 bridgehead atoms. The van der Waals surface area contributed by atoms with E-state index >= 15 is 0 Å². The Morgan fingerprint density at radius 1 is 0.958 bits per heavy atom. The second-order valence-electron chi connectivity index (χ2n) is 21.0. The van der Waals surface area contributed by atoms with E-state index in [0.717, 1.165) is 44.9 Å². The van der Waals surface area contributed by atoms with Crippen LogP contribution < -0.4 is 0 Å². The van der Waals surface area contributed by atoms with Gasteiger partial charge in [-0.25, -0.2) is 0 Å². The third kappa shape index (κ3) is 7.81. The lowest BCUT2D eigenvalue weighted by Gasteiger charge is -2.61. The van der Waals surface area contributed by atoms with Crippen molar-refractivity contribution in [2.45, 2.75) is 201 Å². The Kier molecular flexibility index (Phi) is 11.3. The van der Waals surface area contributed by atoms with Crippen molar-refractivity contribution < 1.29 is 23.5 Å². The van der Waals surface area contributed by atoms with E-state index < -0.39 is 22.2 Å². The summed E-state index contributed by atoms with van der Waals surface area (Å²) < 4.78 is 20.3. The highest BCUT2D eigenvalue weighted by atomic mass is 28.4. The van der Waals surface area contributed by atoms with E-state index in [9.17, 15) is 9.90 Å². The first-order chi connectivity index (χ1) is 21.6. The van der Waals surface area contributed by atoms with Crippen molar-refractivity contribution in [3.05, 3.63) is 11.6 Å². The summed E-state index contributed by atoms with van der Waals surface area (Å²) in [4.78, 5) is 12.7. The average molecular weight is 705 g/mol. The van der Waals surface area contributed by atoms with E-state index in [4.69, 9.17) is 13.6 Å². The zero-order chi connectivity index (χ0) is 36.5. The van der Waals surface area contributed by atoms with Crippen molar-refractivity contribution in [1.29, 1.82) is 0 Å². The Labute approximate surface area is 298 Å². The van der Waals surface area contributed by atoms with Crippen molar-refractivity contribution in [2.75, 3.05) is 0 Å². The lowest BCUT2D eigenvalue weighted by atomic mass is 9.46. The van der Waals surface area contributed by atoms with Gasteiger partial charge in [-0.1, -0.05) is 74.0 Å². The molecule has 4 aliphatic carbocycles. The van der Waals surface area contributed by atoms with Crippen LogP contribution in [-0.2, 0) is 18.4 Å². The van der Waals surface area contributed by atoms with Crippen molar-refractivity contribution >= 4 is 22.6 Å². The summed E-state index contributed by atoms with van der Waals surface area (Å²) in [5.41, 5.74) is 0.881. The van der Waals surface area contributed by atoms with Gasteiger partial charge in [-0.15, -0.1) is 0 Å². The largest absolute Gasteiger partial charge is 0.462 e. The molecule has 0 aromatic rings. The molecule has 0 aromatic heterocycles. The van der Waals surface area contributed by atoms with Gasteiger partial charge in [0.25, 0.3) is 0 Å². The number of ether oxygens (including phenoxy) is 1. The highest BCUT2D eigenvalue weighted by Gasteiger charge is 2.63. The monoisotopic (exact) mass is 705 g/mol. The van der Waals surface area contributed by atoms with Crippen LogP contribution in [-0.4, -0.2) is 51.6 Å². The van der Waals surface area contributed by atoms with Gasteiger partial charge in [0.05, 0.1) is 11.7 Å². The minimum absolute atomic E-state index is 0.0425. The maximum atomic E-state index is 12.7. The molecule has 0 amide bonds. The number of allylic oxidation sites excluding steroid dienone is 1. The van der Waals surface area contributed by atoms with E-state index in [1.807, 2.05) is 13.8 Å². The molecule has 0 heterocycles. The number of fused-ring (bicyclic) bond motifs is 5. The first kappa shape index (κ1) is 40.3. The number of hydrogen-bond donors (Lipinski definition) is 1. The third-order valence-corrected chi connectivity index (χ3v) is 24.2. The molecule has 0 aromatic carbocycles. The quantitative estimate of drug-likeness (QED) is 0.139. The maximum absolute atomic E-state index is 12.7. The minimum Gasteiger partial charge on any atom is -0.462 e. The lowest BCUT2D eigenvalue weighted by molar-refractivity contribution is -0.175. The van der Waals surface area contributed by atoms with Crippen LogP contribution in [0.2, 0.25) is 36.3 Å². The number of esters is 1. The van der Waals surface area contributed by atoms with Gasteiger partial charge in [-0.2, -0.15) is 0 Å². The molecular formula is C41H76O5Si2. The molecule has 278 valence electrons. The standard InChI is InChI=1S/C41H76O5Si2/c1-27(17-22-35(39(9,10)43)46-48(15,16)38(6,7)8)32-20-21-33-31-19-18-29-25-30(45-47(13,14)37(3,4)5)23-24-40(29,11)36(31)34(44-28(2)42)26-41(32,33)12/h18,27,30-36,43H,17,19-26H2,1-16H3/t27-,30+,31+,32-,33+,34-,35-,36-,40+,41-/m1/s1. The molecule has 1 N–H and O–H groups in total. The second kappa shape index (κ2) is 13.5. The molecule has 3 saturated carbocycles. The van der Waals surface area contributed by atoms with Crippen LogP contribution in [0.3, 0.4) is 0 Å². The number of carbonyl (C=O) groups is 1. The summed E-state index contributed by atoms with van der Waals surface area (Å²) in [6.45, 7) is 36.2. The zero-order valence-electron chi connectivity index (χ0n) is 34.1. The molecular weight excluding hydrogens is 629 g/mol. The maximum Gasteiger partial charge on any atom is 0.302 e. The predicted molar refractivity (Wildman–Crippen MR) is 205 cm³/mol. The Hall–Kier alpha value is -0.476. The topological polar surface area (TPSA) is 65.0 Å². The molecule has 0 unspecified atom stereocenters. The number of rotatable bonds is 10. The molecule has 0 radical (unpaired) electrons. The lowest BCUT2D eigenvalue weighted by Crippen LogP contribution is -2.58. The second-order valence-corrected chi connectivity index (χ2v) is 30.6. The normalized spacial score (nSPS) is 36.0. The summed E-state index contributed by atoms with van der Waals surface area (Å²) in [5, 5.41) is 11.5. The summed E-state index contributed by atoms with van der Waals surface area (Å²) >= 11 is 0. The molecule has 0 saturated heterocycles. The van der Waals surface area contributed by atoms with Crippen LogP contribution in [0.5, 0.6) is 0 Å². The highest BCUT2D eigenvalue weighted by molar-refractivity contribution is 6.74. The van der Waals surface area contributed by atoms with Crippen LogP contribution in [0.25, 0.3) is 0 Å². The fraction of sp³-hybridized carbons (Fsp3) is 0.927. The Bertz CT molecular complexity index is 1190. The predicted octanol–water partition coefficient (Wildman–Crippen LogP) is 11.1. The van der Waals surface area contributed by atoms with Gasteiger partial charge >= 0.3 is 5.97 Å². The van der Waals surface area contributed by atoms with Crippen molar-refractivity contribution in [3.8, 4) is 0 Å². The van der Waals surface area contributed by atoms with Gasteiger partial charge in [0, 0.05) is 18.9 Å². The average Bonchev–Trinajstić information content (AvgIpc) is 3.25. The molecule has 7 heteroatoms. The molecule has 3 fully saturated rings. The molecule has 4 aliphatic rings. The van der Waals surface area contributed by atoms with Gasteiger partial charge in [0.15, 0.2) is 16.6 Å². The number of aliphatic hydroxyl groups is 1. The van der Waals surface area contributed by atoms with Crippen molar-refractivity contribution in [2.24, 2.45) is 40.4 Å². The fourth-order valence-electron chi connectivity index (χ4n) is 10.4. The smallest absolute Gasteiger partial charge is 0.302 e. The van der Waals surface area contributed by atoms with Gasteiger partial charge in [0.2, 0.25) is 0 Å². The summed E-state index contributed by atoms with van der Waals surface area (Å²) in [6.07, 6.45) is 12.4. The third-order valence-electron chi connectivity index (χ3n) is 15.2. The van der Waals surface area contributed by atoms with Gasteiger partial charge < -0.3 is 18.7 Å². The fourth-order valence-corrected chi connectivity index (χ4v) is 13.3. The van der Waals surface area contributed by atoms with Crippen LogP contribution in [0.1, 0.15) is 141 Å². The van der Waals surface area contributed by atoms with Crippen LogP contribution in [0.4, 0.5) is 0 Å². The van der Waals surface area contributed by atoms with Gasteiger partial charge in [0.1, 0.15) is 6.10 Å². The van der Waals surface area contributed by atoms with Crippen LogP contribution >= 0.6 is 0 Å². The molecule has 48 heavy (non-hydrogen) atoms. The molecule has 4 rings (SSSR count). The Balaban J connectivity index is 1.56. The summed E-state index contributed by atoms with van der Waals surface area (Å²) in [7, 11) is -3.89. The first-order valence-electron chi connectivity index (χ1n) is 19.6. The van der Waals surface area contributed by atoms with Crippen molar-refractivity contribution in [3.63, 3.8) is 0 Å². The molecule has 0 spiro atoms. The highest BCUT2D eigenvalue weighted by Crippen LogP contribution is 2.68.